The summed E-state index contributed by atoms with van der Waals surface area (Å²) in [5.41, 5.74) is 0.693. The Bertz CT molecular complexity index is 482. The van der Waals surface area contributed by atoms with Gasteiger partial charge in [-0.1, -0.05) is 0 Å². The van der Waals surface area contributed by atoms with Crippen LogP contribution in [0.1, 0.15) is 36.5 Å². The van der Waals surface area contributed by atoms with Gasteiger partial charge in [-0.25, -0.2) is 4.98 Å². The van der Waals surface area contributed by atoms with E-state index in [9.17, 15) is 4.79 Å². The molecule has 0 bridgehead atoms. The molecule has 1 N–H and O–H groups in total. The van der Waals surface area contributed by atoms with Crippen molar-refractivity contribution >= 4 is 11.7 Å². The van der Waals surface area contributed by atoms with Crippen molar-refractivity contribution in [2.45, 2.75) is 32.2 Å². The highest BCUT2D eigenvalue weighted by Gasteiger charge is 2.31. The smallest absolute Gasteiger partial charge is 0.255 e. The first-order valence-electron chi connectivity index (χ1n) is 8.01. The topological polar surface area (TPSA) is 48.5 Å². The summed E-state index contributed by atoms with van der Waals surface area (Å²) in [6.45, 7) is 7.01. The molecule has 5 heteroatoms. The van der Waals surface area contributed by atoms with Crippen LogP contribution in [-0.4, -0.2) is 59.5 Å². The molecule has 2 fully saturated rings. The van der Waals surface area contributed by atoms with Crippen molar-refractivity contribution in [3.05, 3.63) is 23.9 Å². The highest BCUT2D eigenvalue weighted by atomic mass is 16.2. The second-order valence-corrected chi connectivity index (χ2v) is 5.90. The number of carbonyl (C=O) groups excluding carboxylic acids is 1. The highest BCUT2D eigenvalue weighted by Crippen LogP contribution is 2.21. The average molecular weight is 288 g/mol. The van der Waals surface area contributed by atoms with Gasteiger partial charge < -0.3 is 10.2 Å². The fraction of sp³-hybridized carbons (Fsp3) is 0.625. The Morgan fingerprint density at radius 2 is 2.14 bits per heavy atom. The van der Waals surface area contributed by atoms with E-state index in [2.05, 4.69) is 15.2 Å². The number of pyridine rings is 1. The van der Waals surface area contributed by atoms with E-state index >= 15 is 0 Å². The van der Waals surface area contributed by atoms with Gasteiger partial charge in [-0.05, 0) is 51.4 Å². The van der Waals surface area contributed by atoms with Crippen molar-refractivity contribution in [1.82, 2.24) is 14.8 Å². The molecule has 114 valence electrons. The van der Waals surface area contributed by atoms with Crippen molar-refractivity contribution in [1.29, 1.82) is 0 Å². The van der Waals surface area contributed by atoms with Gasteiger partial charge in [0.1, 0.15) is 5.82 Å². The average Bonchev–Trinajstić information content (AvgIpc) is 3.19. The summed E-state index contributed by atoms with van der Waals surface area (Å²) in [4.78, 5) is 21.3. The van der Waals surface area contributed by atoms with Crippen LogP contribution in [0.3, 0.4) is 0 Å². The molecule has 0 aromatic carbocycles. The summed E-state index contributed by atoms with van der Waals surface area (Å²) in [6.07, 6.45) is 5.40. The molecule has 5 nitrogen and oxygen atoms in total. The second-order valence-electron chi connectivity index (χ2n) is 5.90. The van der Waals surface area contributed by atoms with Gasteiger partial charge in [0, 0.05) is 31.9 Å². The molecular weight excluding hydrogens is 264 g/mol. The molecule has 1 atom stereocenters. The largest absolute Gasteiger partial charge is 0.370 e. The number of nitrogens with one attached hydrogen (secondary N) is 1. The molecule has 3 heterocycles. The lowest BCUT2D eigenvalue weighted by molar-refractivity contribution is 0.0779. The van der Waals surface area contributed by atoms with E-state index in [0.717, 1.165) is 31.9 Å². The van der Waals surface area contributed by atoms with Gasteiger partial charge in [-0.2, -0.15) is 0 Å². The molecule has 2 aliphatic rings. The van der Waals surface area contributed by atoms with Crippen LogP contribution in [0.4, 0.5) is 5.82 Å². The predicted molar refractivity (Wildman–Crippen MR) is 83.5 cm³/mol. The molecule has 3 rings (SSSR count). The number of carbonyl (C=O) groups is 1. The maximum atomic E-state index is 12.5. The van der Waals surface area contributed by atoms with Crippen LogP contribution in [0.25, 0.3) is 0 Å². The van der Waals surface area contributed by atoms with Crippen LogP contribution in [0.5, 0.6) is 0 Å². The van der Waals surface area contributed by atoms with Crippen LogP contribution >= 0.6 is 0 Å². The van der Waals surface area contributed by atoms with Crippen molar-refractivity contribution in [2.24, 2.45) is 0 Å². The van der Waals surface area contributed by atoms with Crippen LogP contribution in [0, 0.1) is 0 Å². The Kier molecular flexibility index (Phi) is 4.39. The summed E-state index contributed by atoms with van der Waals surface area (Å²) >= 11 is 0. The van der Waals surface area contributed by atoms with Gasteiger partial charge in [0.25, 0.3) is 5.91 Å². The zero-order valence-electron chi connectivity index (χ0n) is 12.7. The van der Waals surface area contributed by atoms with Crippen molar-refractivity contribution < 1.29 is 4.79 Å². The number of amides is 1. The Balaban J connectivity index is 1.60. The van der Waals surface area contributed by atoms with E-state index in [0.29, 0.717) is 11.6 Å². The van der Waals surface area contributed by atoms with Crippen LogP contribution < -0.4 is 5.32 Å². The van der Waals surface area contributed by atoms with Crippen molar-refractivity contribution in [2.75, 3.05) is 38.0 Å². The van der Waals surface area contributed by atoms with E-state index in [1.54, 1.807) is 6.20 Å². The van der Waals surface area contributed by atoms with Crippen LogP contribution in [-0.2, 0) is 0 Å². The molecule has 0 saturated carbocycles. The van der Waals surface area contributed by atoms with E-state index < -0.39 is 0 Å². The van der Waals surface area contributed by atoms with E-state index in [1.807, 2.05) is 24.0 Å². The normalized spacial score (nSPS) is 22.7. The number of likely N-dealkylation sites (tertiary alicyclic amines) is 2. The van der Waals surface area contributed by atoms with Crippen molar-refractivity contribution in [3.8, 4) is 0 Å². The molecule has 1 aromatic rings. The zero-order valence-corrected chi connectivity index (χ0v) is 12.7. The first kappa shape index (κ1) is 14.3. The predicted octanol–water partition coefficient (Wildman–Crippen LogP) is 1.82. The third-order valence-corrected chi connectivity index (χ3v) is 4.48. The lowest BCUT2D eigenvalue weighted by atomic mass is 10.2. The summed E-state index contributed by atoms with van der Waals surface area (Å²) < 4.78 is 0. The fourth-order valence-corrected chi connectivity index (χ4v) is 3.32. The Hall–Kier alpha value is -1.62. The van der Waals surface area contributed by atoms with Gasteiger partial charge >= 0.3 is 0 Å². The summed E-state index contributed by atoms with van der Waals surface area (Å²) in [5.74, 6) is 0.942. The second kappa shape index (κ2) is 6.43. The fourth-order valence-electron chi connectivity index (χ4n) is 3.32. The zero-order chi connectivity index (χ0) is 14.7. The molecule has 1 amide bonds. The number of anilines is 1. The minimum Gasteiger partial charge on any atom is -0.370 e. The molecule has 0 radical (unpaired) electrons. The van der Waals surface area contributed by atoms with E-state index in [1.165, 1.54) is 25.9 Å². The minimum absolute atomic E-state index is 0.118. The molecule has 21 heavy (non-hydrogen) atoms. The molecule has 1 aromatic heterocycles. The first-order valence-corrected chi connectivity index (χ1v) is 8.01. The monoisotopic (exact) mass is 288 g/mol. The Labute approximate surface area is 126 Å². The maximum absolute atomic E-state index is 12.5. The quantitative estimate of drug-likeness (QED) is 0.918. The molecular formula is C16H24N4O. The maximum Gasteiger partial charge on any atom is 0.255 e. The lowest BCUT2D eigenvalue weighted by Crippen LogP contribution is -2.37. The minimum atomic E-state index is 0.118. The Morgan fingerprint density at radius 3 is 2.81 bits per heavy atom. The van der Waals surface area contributed by atoms with Crippen LogP contribution in [0.15, 0.2) is 18.3 Å². The molecule has 0 spiro atoms. The molecule has 2 aliphatic heterocycles. The highest BCUT2D eigenvalue weighted by molar-refractivity contribution is 5.94. The summed E-state index contributed by atoms with van der Waals surface area (Å²) in [7, 11) is 0. The summed E-state index contributed by atoms with van der Waals surface area (Å²) in [5, 5.41) is 3.14. The van der Waals surface area contributed by atoms with Gasteiger partial charge in [0.15, 0.2) is 0 Å². The Morgan fingerprint density at radius 1 is 1.33 bits per heavy atom. The number of nitrogens with zero attached hydrogens (tertiary/aromatic N) is 3. The van der Waals surface area contributed by atoms with E-state index in [-0.39, 0.29) is 5.91 Å². The standard InChI is InChI=1S/C16H24N4O/c1-2-17-15-6-5-13(11-18-15)16(21)20-10-7-14(12-20)19-8-3-4-9-19/h5-6,11,14H,2-4,7-10,12H2,1H3,(H,17,18). The third-order valence-electron chi connectivity index (χ3n) is 4.48. The third kappa shape index (κ3) is 3.18. The SMILES string of the molecule is CCNc1ccc(C(=O)N2CCC(N3CCCC3)C2)cn1. The van der Waals surface area contributed by atoms with Crippen LogP contribution in [0.2, 0.25) is 0 Å². The molecule has 2 saturated heterocycles. The molecule has 0 aliphatic carbocycles. The van der Waals surface area contributed by atoms with Gasteiger partial charge in [0.2, 0.25) is 0 Å². The number of aromatic nitrogens is 1. The number of hydrogen-bond donors (Lipinski definition) is 1. The van der Waals surface area contributed by atoms with Gasteiger partial charge in [-0.15, -0.1) is 0 Å². The van der Waals surface area contributed by atoms with Gasteiger partial charge in [0.05, 0.1) is 5.56 Å². The number of hydrogen-bond acceptors (Lipinski definition) is 4. The summed E-state index contributed by atoms with van der Waals surface area (Å²) in [6, 6.07) is 4.31. The first-order chi connectivity index (χ1) is 10.3. The van der Waals surface area contributed by atoms with Crippen molar-refractivity contribution in [3.63, 3.8) is 0 Å². The number of rotatable bonds is 4. The molecule has 1 unspecified atom stereocenters. The van der Waals surface area contributed by atoms with Gasteiger partial charge in [-0.3, -0.25) is 9.69 Å². The van der Waals surface area contributed by atoms with E-state index in [4.69, 9.17) is 0 Å². The lowest BCUT2D eigenvalue weighted by Gasteiger charge is -2.23.